The smallest absolute Gasteiger partial charge is 0.227 e. The molecule has 27 heavy (non-hydrogen) atoms. The van der Waals surface area contributed by atoms with Crippen LogP contribution in [-0.2, 0) is 4.79 Å². The number of ether oxygens (including phenoxy) is 1. The van der Waals surface area contributed by atoms with Gasteiger partial charge in [-0.25, -0.2) is 0 Å². The van der Waals surface area contributed by atoms with Gasteiger partial charge >= 0.3 is 0 Å². The van der Waals surface area contributed by atoms with Crippen molar-refractivity contribution < 1.29 is 14.3 Å². The second kappa shape index (κ2) is 9.07. The van der Waals surface area contributed by atoms with E-state index in [9.17, 15) is 9.59 Å². The molecule has 1 heterocycles. The van der Waals surface area contributed by atoms with E-state index < -0.39 is 5.54 Å². The van der Waals surface area contributed by atoms with Crippen LogP contribution in [0.2, 0.25) is 0 Å². The third-order valence-electron chi connectivity index (χ3n) is 6.10. The molecule has 1 aromatic carbocycles. The third kappa shape index (κ3) is 4.82. The van der Waals surface area contributed by atoms with E-state index >= 15 is 0 Å². The number of likely N-dealkylation sites (tertiary alicyclic amines) is 1. The Morgan fingerprint density at radius 3 is 2.30 bits per heavy atom. The van der Waals surface area contributed by atoms with Gasteiger partial charge in [-0.15, -0.1) is 12.4 Å². The Bertz CT molecular complexity index is 652. The van der Waals surface area contributed by atoms with Crippen LogP contribution in [0.3, 0.4) is 0 Å². The molecule has 3 rings (SSSR count). The molecular weight excluding hydrogens is 364 g/mol. The van der Waals surface area contributed by atoms with Crippen molar-refractivity contribution in [2.45, 2.75) is 51.0 Å². The van der Waals surface area contributed by atoms with Crippen LogP contribution in [0.25, 0.3) is 0 Å². The van der Waals surface area contributed by atoms with Gasteiger partial charge in [0.1, 0.15) is 5.75 Å². The standard InChI is InChI=1S/C21H30N2O3.ClH/c1-21(22)12-4-3-5-18(21)20(25)23-13-10-16(11-14-23)19(24)15-6-8-17(26-2)9-7-15;/h6-9,16,18H,3-5,10-14,22H2,1-2H3;1H. The molecule has 1 amide bonds. The zero-order chi connectivity index (χ0) is 18.7. The van der Waals surface area contributed by atoms with Crippen molar-refractivity contribution in [1.29, 1.82) is 0 Å². The number of piperidine rings is 1. The number of Topliss-reactive ketones (excluding diaryl/α,β-unsaturated/α-hetero) is 1. The molecule has 2 aliphatic rings. The van der Waals surface area contributed by atoms with E-state index in [0.717, 1.165) is 49.8 Å². The van der Waals surface area contributed by atoms with Crippen molar-refractivity contribution in [3.8, 4) is 5.75 Å². The summed E-state index contributed by atoms with van der Waals surface area (Å²) in [5.74, 6) is 1.01. The number of rotatable bonds is 4. The van der Waals surface area contributed by atoms with Crippen LogP contribution in [-0.4, -0.2) is 42.3 Å². The first-order valence-corrected chi connectivity index (χ1v) is 9.68. The number of amides is 1. The lowest BCUT2D eigenvalue weighted by Gasteiger charge is -2.41. The lowest BCUT2D eigenvalue weighted by atomic mass is 9.73. The molecule has 1 saturated heterocycles. The van der Waals surface area contributed by atoms with Crippen molar-refractivity contribution in [3.05, 3.63) is 29.8 Å². The first-order chi connectivity index (χ1) is 12.4. The molecule has 5 nitrogen and oxygen atoms in total. The van der Waals surface area contributed by atoms with Gasteiger partial charge < -0.3 is 15.4 Å². The molecule has 6 heteroatoms. The SMILES string of the molecule is COc1ccc(C(=O)C2CCN(C(=O)C3CCCCC3(C)N)CC2)cc1.Cl. The van der Waals surface area contributed by atoms with E-state index in [4.69, 9.17) is 10.5 Å². The fraction of sp³-hybridized carbons (Fsp3) is 0.619. The van der Waals surface area contributed by atoms with Crippen LogP contribution in [0.4, 0.5) is 0 Å². The van der Waals surface area contributed by atoms with Gasteiger partial charge in [0, 0.05) is 30.1 Å². The molecule has 0 aromatic heterocycles. The maximum atomic E-state index is 12.9. The monoisotopic (exact) mass is 394 g/mol. The number of halogens is 1. The average Bonchev–Trinajstić information content (AvgIpc) is 2.67. The Kier molecular flexibility index (Phi) is 7.29. The van der Waals surface area contributed by atoms with Crippen molar-refractivity contribution in [2.24, 2.45) is 17.6 Å². The Labute approximate surface area is 168 Å². The quantitative estimate of drug-likeness (QED) is 0.794. The van der Waals surface area contributed by atoms with Gasteiger partial charge in [0.15, 0.2) is 5.78 Å². The fourth-order valence-corrected chi connectivity index (χ4v) is 4.34. The van der Waals surface area contributed by atoms with Crippen LogP contribution in [0.15, 0.2) is 24.3 Å². The number of hydrogen-bond acceptors (Lipinski definition) is 4. The molecule has 0 bridgehead atoms. The number of methoxy groups -OCH3 is 1. The van der Waals surface area contributed by atoms with E-state index in [1.165, 1.54) is 0 Å². The third-order valence-corrected chi connectivity index (χ3v) is 6.10. The number of carbonyl (C=O) groups excluding carboxylic acids is 2. The summed E-state index contributed by atoms with van der Waals surface area (Å²) in [4.78, 5) is 27.6. The van der Waals surface area contributed by atoms with Crippen molar-refractivity contribution in [2.75, 3.05) is 20.2 Å². The molecular formula is C21H31ClN2O3. The summed E-state index contributed by atoms with van der Waals surface area (Å²) in [7, 11) is 1.61. The predicted octanol–water partition coefficient (Wildman–Crippen LogP) is 3.45. The van der Waals surface area contributed by atoms with E-state index in [1.54, 1.807) is 7.11 Å². The minimum Gasteiger partial charge on any atom is -0.497 e. The second-order valence-electron chi connectivity index (χ2n) is 8.00. The molecule has 1 aliphatic carbocycles. The Balaban J connectivity index is 0.00000261. The summed E-state index contributed by atoms with van der Waals surface area (Å²) in [5.41, 5.74) is 6.72. The first-order valence-electron chi connectivity index (χ1n) is 9.68. The zero-order valence-corrected chi connectivity index (χ0v) is 17.1. The Morgan fingerprint density at radius 2 is 1.74 bits per heavy atom. The highest BCUT2D eigenvalue weighted by molar-refractivity contribution is 5.98. The molecule has 2 atom stereocenters. The molecule has 2 unspecified atom stereocenters. The number of ketones is 1. The predicted molar refractivity (Wildman–Crippen MR) is 108 cm³/mol. The summed E-state index contributed by atoms with van der Waals surface area (Å²) in [5, 5.41) is 0. The highest BCUT2D eigenvalue weighted by atomic mass is 35.5. The first kappa shape index (κ1) is 21.7. The molecule has 0 spiro atoms. The van der Waals surface area contributed by atoms with E-state index in [2.05, 4.69) is 0 Å². The maximum absolute atomic E-state index is 12.9. The van der Waals surface area contributed by atoms with Gasteiger partial charge in [-0.2, -0.15) is 0 Å². The van der Waals surface area contributed by atoms with Crippen molar-refractivity contribution in [1.82, 2.24) is 4.90 Å². The highest BCUT2D eigenvalue weighted by Gasteiger charge is 2.40. The van der Waals surface area contributed by atoms with Crippen LogP contribution >= 0.6 is 12.4 Å². The lowest BCUT2D eigenvalue weighted by Crippen LogP contribution is -2.55. The molecule has 1 aromatic rings. The highest BCUT2D eigenvalue weighted by Crippen LogP contribution is 2.34. The summed E-state index contributed by atoms with van der Waals surface area (Å²) >= 11 is 0. The van der Waals surface area contributed by atoms with Crippen LogP contribution in [0.1, 0.15) is 55.8 Å². The van der Waals surface area contributed by atoms with Crippen molar-refractivity contribution >= 4 is 24.1 Å². The summed E-state index contributed by atoms with van der Waals surface area (Å²) in [6.07, 6.45) is 5.44. The largest absolute Gasteiger partial charge is 0.497 e. The zero-order valence-electron chi connectivity index (χ0n) is 16.3. The van der Waals surface area contributed by atoms with Gasteiger partial charge in [0.25, 0.3) is 0 Å². The Morgan fingerprint density at radius 1 is 1.11 bits per heavy atom. The topological polar surface area (TPSA) is 72.6 Å². The maximum Gasteiger partial charge on any atom is 0.227 e. The van der Waals surface area contributed by atoms with Gasteiger partial charge in [0.05, 0.1) is 13.0 Å². The fourth-order valence-electron chi connectivity index (χ4n) is 4.34. The average molecular weight is 395 g/mol. The second-order valence-corrected chi connectivity index (χ2v) is 8.00. The van der Waals surface area contributed by atoms with Gasteiger partial charge in [-0.3, -0.25) is 9.59 Å². The number of benzene rings is 1. The normalized spacial score (nSPS) is 26.2. The van der Waals surface area contributed by atoms with Gasteiger partial charge in [-0.1, -0.05) is 12.8 Å². The van der Waals surface area contributed by atoms with E-state index in [1.807, 2.05) is 36.1 Å². The number of carbonyl (C=O) groups is 2. The molecule has 2 fully saturated rings. The minimum absolute atomic E-state index is 0. The number of nitrogens with zero attached hydrogens (tertiary/aromatic N) is 1. The molecule has 1 saturated carbocycles. The molecule has 0 radical (unpaired) electrons. The summed E-state index contributed by atoms with van der Waals surface area (Å²) in [6.45, 7) is 3.31. The molecule has 1 aliphatic heterocycles. The summed E-state index contributed by atoms with van der Waals surface area (Å²) < 4.78 is 5.14. The lowest BCUT2D eigenvalue weighted by molar-refractivity contribution is -0.140. The molecule has 2 N–H and O–H groups in total. The van der Waals surface area contributed by atoms with E-state index in [-0.39, 0.29) is 35.9 Å². The van der Waals surface area contributed by atoms with Crippen LogP contribution < -0.4 is 10.5 Å². The Hall–Kier alpha value is -1.59. The number of nitrogens with two attached hydrogens (primary N) is 1. The van der Waals surface area contributed by atoms with Crippen molar-refractivity contribution in [3.63, 3.8) is 0 Å². The van der Waals surface area contributed by atoms with Gasteiger partial charge in [-0.05, 0) is 56.9 Å². The molecule has 150 valence electrons. The van der Waals surface area contributed by atoms with Crippen LogP contribution in [0.5, 0.6) is 5.75 Å². The van der Waals surface area contributed by atoms with Crippen LogP contribution in [0, 0.1) is 11.8 Å². The minimum atomic E-state index is -0.398. The van der Waals surface area contributed by atoms with E-state index in [0.29, 0.717) is 13.1 Å². The van der Waals surface area contributed by atoms with Gasteiger partial charge in [0.2, 0.25) is 5.91 Å². The number of hydrogen-bond donors (Lipinski definition) is 1. The summed E-state index contributed by atoms with van der Waals surface area (Å²) in [6, 6.07) is 7.27.